The first-order valence-electron chi connectivity index (χ1n) is 9.00. The molecular formula is C19H26N4O4S. The van der Waals surface area contributed by atoms with Crippen molar-refractivity contribution in [3.63, 3.8) is 0 Å². The predicted octanol–water partition coefficient (Wildman–Crippen LogP) is 2.67. The monoisotopic (exact) mass is 406 g/mol. The van der Waals surface area contributed by atoms with Crippen LogP contribution in [0.1, 0.15) is 20.3 Å². The predicted molar refractivity (Wildman–Crippen MR) is 108 cm³/mol. The minimum Gasteiger partial charge on any atom is -0.497 e. The van der Waals surface area contributed by atoms with Crippen LogP contribution >= 0.6 is 11.3 Å². The molecule has 2 aromatic rings. The van der Waals surface area contributed by atoms with E-state index >= 15 is 0 Å². The zero-order valence-corrected chi connectivity index (χ0v) is 17.4. The number of nitrogens with one attached hydrogen (secondary N) is 1. The Balaban J connectivity index is 1.91. The molecule has 0 radical (unpaired) electrons. The number of nitrogens with zero attached hydrogens (tertiary/aromatic N) is 3. The third-order valence-electron chi connectivity index (χ3n) is 3.99. The van der Waals surface area contributed by atoms with E-state index < -0.39 is 0 Å². The van der Waals surface area contributed by atoms with Gasteiger partial charge in [-0.05, 0) is 24.3 Å². The van der Waals surface area contributed by atoms with Crippen LogP contribution in [-0.4, -0.2) is 60.8 Å². The summed E-state index contributed by atoms with van der Waals surface area (Å²) in [6, 6.07) is 7.46. The summed E-state index contributed by atoms with van der Waals surface area (Å²) in [5, 5.41) is 12.0. The Bertz CT molecular complexity index is 776. The number of carbonyl (C=O) groups excluding carboxylic acids is 2. The van der Waals surface area contributed by atoms with Gasteiger partial charge in [0.2, 0.25) is 16.9 Å². The Morgan fingerprint density at radius 2 is 1.86 bits per heavy atom. The van der Waals surface area contributed by atoms with Crippen LogP contribution in [0.2, 0.25) is 0 Å². The van der Waals surface area contributed by atoms with Crippen LogP contribution < -0.4 is 10.1 Å². The number of rotatable bonds is 10. The van der Waals surface area contributed by atoms with Gasteiger partial charge in [0.1, 0.15) is 10.8 Å². The number of hydrogen-bond donors (Lipinski definition) is 1. The molecule has 0 aliphatic rings. The first-order valence-corrected chi connectivity index (χ1v) is 9.81. The van der Waals surface area contributed by atoms with Crippen LogP contribution in [0.4, 0.5) is 5.13 Å². The number of aromatic nitrogens is 2. The third kappa shape index (κ3) is 6.28. The Kier molecular flexibility index (Phi) is 8.34. The number of amides is 2. The zero-order chi connectivity index (χ0) is 20.5. The Morgan fingerprint density at radius 1 is 1.14 bits per heavy atom. The van der Waals surface area contributed by atoms with Gasteiger partial charge < -0.3 is 19.7 Å². The number of carbonyl (C=O) groups is 2. The molecule has 1 aromatic heterocycles. The van der Waals surface area contributed by atoms with Gasteiger partial charge in [0.25, 0.3) is 0 Å². The van der Waals surface area contributed by atoms with E-state index in [-0.39, 0.29) is 24.2 Å². The second kappa shape index (κ2) is 10.7. The largest absolute Gasteiger partial charge is 0.497 e. The average Bonchev–Trinajstić information content (AvgIpc) is 3.16. The van der Waals surface area contributed by atoms with E-state index in [0.717, 1.165) is 11.3 Å². The summed E-state index contributed by atoms with van der Waals surface area (Å²) in [4.78, 5) is 26.1. The fourth-order valence-electron chi connectivity index (χ4n) is 2.44. The molecule has 1 N–H and O–H groups in total. The van der Waals surface area contributed by atoms with Crippen molar-refractivity contribution in [2.24, 2.45) is 5.92 Å². The van der Waals surface area contributed by atoms with Crippen LogP contribution in [0.25, 0.3) is 10.6 Å². The molecule has 0 saturated carbocycles. The Hall–Kier alpha value is -2.52. The molecule has 2 amide bonds. The van der Waals surface area contributed by atoms with Crippen LogP contribution in [0.5, 0.6) is 5.75 Å². The topological polar surface area (TPSA) is 93.7 Å². The van der Waals surface area contributed by atoms with Gasteiger partial charge in [-0.2, -0.15) is 0 Å². The van der Waals surface area contributed by atoms with Crippen LogP contribution in [0.3, 0.4) is 0 Å². The molecule has 0 aliphatic carbocycles. The first-order chi connectivity index (χ1) is 13.4. The molecule has 0 saturated heterocycles. The molecule has 0 spiro atoms. The molecule has 152 valence electrons. The minimum atomic E-state index is -0.212. The molecule has 1 aromatic carbocycles. The second-order valence-corrected chi connectivity index (χ2v) is 7.39. The summed E-state index contributed by atoms with van der Waals surface area (Å²) in [5.74, 6) is 0.421. The maximum atomic E-state index is 12.3. The van der Waals surface area contributed by atoms with Gasteiger partial charge in [0.15, 0.2) is 0 Å². The number of anilines is 1. The standard InChI is InChI=1S/C19H26N4O4S/c1-13(2)18(25)23(11-12-26-3)10-9-16(24)20-19-22-21-17(28-19)14-5-7-15(27-4)8-6-14/h5-8,13H,9-12H2,1-4H3,(H,20,22,24). The molecule has 2 rings (SSSR count). The summed E-state index contributed by atoms with van der Waals surface area (Å²) in [6.45, 7) is 4.90. The highest BCUT2D eigenvalue weighted by Gasteiger charge is 2.18. The lowest BCUT2D eigenvalue weighted by Gasteiger charge is -2.23. The molecule has 0 unspecified atom stereocenters. The highest BCUT2D eigenvalue weighted by atomic mass is 32.1. The maximum absolute atomic E-state index is 12.3. The first kappa shape index (κ1) is 21.8. The molecule has 0 aliphatic heterocycles. The van der Waals surface area contributed by atoms with Gasteiger partial charge >= 0.3 is 0 Å². The second-order valence-electron chi connectivity index (χ2n) is 6.41. The maximum Gasteiger partial charge on any atom is 0.227 e. The summed E-state index contributed by atoms with van der Waals surface area (Å²) in [6.07, 6.45) is 0.180. The van der Waals surface area contributed by atoms with Gasteiger partial charge in [-0.1, -0.05) is 25.2 Å². The fraction of sp³-hybridized carbons (Fsp3) is 0.474. The molecule has 0 bridgehead atoms. The van der Waals surface area contributed by atoms with Crippen LogP contribution in [-0.2, 0) is 14.3 Å². The van der Waals surface area contributed by atoms with Crippen molar-refractivity contribution in [3.8, 4) is 16.3 Å². The summed E-state index contributed by atoms with van der Waals surface area (Å²) in [5.41, 5.74) is 0.895. The van der Waals surface area contributed by atoms with Gasteiger partial charge in [0, 0.05) is 38.1 Å². The van der Waals surface area contributed by atoms with Gasteiger partial charge in [-0.15, -0.1) is 10.2 Å². The van der Waals surface area contributed by atoms with E-state index in [9.17, 15) is 9.59 Å². The van der Waals surface area contributed by atoms with Crippen LogP contribution in [0.15, 0.2) is 24.3 Å². The molecule has 0 fully saturated rings. The lowest BCUT2D eigenvalue weighted by molar-refractivity contribution is -0.135. The third-order valence-corrected chi connectivity index (χ3v) is 4.88. The van der Waals surface area contributed by atoms with Crippen molar-refractivity contribution in [1.82, 2.24) is 15.1 Å². The minimum absolute atomic E-state index is 0.00237. The van der Waals surface area contributed by atoms with Crippen molar-refractivity contribution < 1.29 is 19.1 Å². The lowest BCUT2D eigenvalue weighted by Crippen LogP contribution is -2.38. The molecule has 0 atom stereocenters. The molecule has 1 heterocycles. The quantitative estimate of drug-likeness (QED) is 0.652. The zero-order valence-electron chi connectivity index (χ0n) is 16.6. The molecule has 9 heteroatoms. The number of benzene rings is 1. The summed E-state index contributed by atoms with van der Waals surface area (Å²) >= 11 is 1.29. The molecular weight excluding hydrogens is 380 g/mol. The van der Waals surface area contributed by atoms with Gasteiger partial charge in [-0.3, -0.25) is 9.59 Å². The lowest BCUT2D eigenvalue weighted by atomic mass is 10.2. The SMILES string of the molecule is COCCN(CCC(=O)Nc1nnc(-c2ccc(OC)cc2)s1)C(=O)C(C)C. The Morgan fingerprint density at radius 3 is 2.46 bits per heavy atom. The van der Waals surface area contributed by atoms with E-state index in [1.165, 1.54) is 11.3 Å². The van der Waals surface area contributed by atoms with Crippen molar-refractivity contribution in [2.75, 3.05) is 39.2 Å². The number of hydrogen-bond acceptors (Lipinski definition) is 7. The van der Waals surface area contributed by atoms with Gasteiger partial charge in [0.05, 0.1) is 13.7 Å². The van der Waals surface area contributed by atoms with E-state index in [4.69, 9.17) is 9.47 Å². The highest BCUT2D eigenvalue weighted by molar-refractivity contribution is 7.18. The van der Waals surface area contributed by atoms with Crippen molar-refractivity contribution in [2.45, 2.75) is 20.3 Å². The van der Waals surface area contributed by atoms with Crippen molar-refractivity contribution in [1.29, 1.82) is 0 Å². The normalized spacial score (nSPS) is 10.8. The van der Waals surface area contributed by atoms with Crippen molar-refractivity contribution >= 4 is 28.3 Å². The van der Waals surface area contributed by atoms with Crippen LogP contribution in [0, 0.1) is 5.92 Å². The fourth-order valence-corrected chi connectivity index (χ4v) is 3.21. The van der Waals surface area contributed by atoms with E-state index in [0.29, 0.717) is 29.8 Å². The number of ether oxygens (including phenoxy) is 2. The summed E-state index contributed by atoms with van der Waals surface area (Å²) in [7, 11) is 3.19. The van der Waals surface area contributed by atoms with Crippen molar-refractivity contribution in [3.05, 3.63) is 24.3 Å². The summed E-state index contributed by atoms with van der Waals surface area (Å²) < 4.78 is 10.2. The molecule has 8 nitrogen and oxygen atoms in total. The number of methoxy groups -OCH3 is 2. The average molecular weight is 407 g/mol. The highest BCUT2D eigenvalue weighted by Crippen LogP contribution is 2.27. The smallest absolute Gasteiger partial charge is 0.227 e. The molecule has 28 heavy (non-hydrogen) atoms. The van der Waals surface area contributed by atoms with Gasteiger partial charge in [-0.25, -0.2) is 0 Å². The van der Waals surface area contributed by atoms with E-state index in [2.05, 4.69) is 15.5 Å². The van der Waals surface area contributed by atoms with E-state index in [1.54, 1.807) is 19.1 Å². The Labute approximate surface area is 168 Å². The van der Waals surface area contributed by atoms with E-state index in [1.807, 2.05) is 38.1 Å².